The molecule has 3 N–H and O–H groups in total. The van der Waals surface area contributed by atoms with E-state index < -0.39 is 12.0 Å². The summed E-state index contributed by atoms with van der Waals surface area (Å²) in [4.78, 5) is 49.0. The molecule has 0 fully saturated rings. The van der Waals surface area contributed by atoms with Crippen molar-refractivity contribution in [2.24, 2.45) is 5.92 Å². The number of pyridine rings is 1. The number of carbonyl (C=O) groups excluding carboxylic acids is 2. The van der Waals surface area contributed by atoms with E-state index in [0.717, 1.165) is 34.0 Å². The summed E-state index contributed by atoms with van der Waals surface area (Å²) < 4.78 is 1.96. The highest BCUT2D eigenvalue weighted by Crippen LogP contribution is 2.21. The first kappa shape index (κ1) is 34.6. The number of nitrogens with zero attached hydrogens (tertiary/aromatic N) is 4. The van der Waals surface area contributed by atoms with Crippen LogP contribution >= 0.6 is 11.8 Å². The third-order valence-electron chi connectivity index (χ3n) is 8.26. The molecule has 0 spiro atoms. The Balaban J connectivity index is 1.52. The Labute approximate surface area is 275 Å². The van der Waals surface area contributed by atoms with Gasteiger partial charge in [0.25, 0.3) is 0 Å². The fourth-order valence-corrected chi connectivity index (χ4v) is 5.94. The Hall–Kier alpha value is -4.22. The number of thioether (sulfide) groups is 1. The molecule has 0 bridgehead atoms. The van der Waals surface area contributed by atoms with Crippen LogP contribution < -0.4 is 10.6 Å². The standard InChI is InChI=1S/C35H44N6O4S/c1-4-25(2)32(39-33(42)18-29-19-37-24-41(29)20-26-12-15-36-16-13-26)22-40(23-34(43)38-31(35(44)45)14-17-46-3)21-28-10-7-9-27-8-5-6-11-30(27)28/h5-13,15-16,19,24-25,31-32H,4,14,17-18,20-23H2,1-3H3,(H,38,43)(H,39,42)(H,44,45)/t25-,31-,32+/m0/s1. The zero-order valence-electron chi connectivity index (χ0n) is 26.8. The number of fused-ring (bicyclic) bond motifs is 1. The molecule has 2 heterocycles. The van der Waals surface area contributed by atoms with Gasteiger partial charge in [-0.05, 0) is 58.4 Å². The van der Waals surface area contributed by atoms with Gasteiger partial charge >= 0.3 is 5.97 Å². The second kappa shape index (κ2) is 17.5. The Morgan fingerprint density at radius 2 is 1.76 bits per heavy atom. The van der Waals surface area contributed by atoms with Gasteiger partial charge in [0.05, 0.1) is 19.3 Å². The lowest BCUT2D eigenvalue weighted by Crippen LogP contribution is -2.51. The average Bonchev–Trinajstić information content (AvgIpc) is 3.48. The van der Waals surface area contributed by atoms with E-state index >= 15 is 0 Å². The van der Waals surface area contributed by atoms with Gasteiger partial charge in [-0.2, -0.15) is 11.8 Å². The summed E-state index contributed by atoms with van der Waals surface area (Å²) >= 11 is 1.54. The Morgan fingerprint density at radius 1 is 1.00 bits per heavy atom. The highest BCUT2D eigenvalue weighted by atomic mass is 32.2. The van der Waals surface area contributed by atoms with E-state index in [9.17, 15) is 19.5 Å². The van der Waals surface area contributed by atoms with Crippen molar-refractivity contribution >= 4 is 40.3 Å². The molecular weight excluding hydrogens is 600 g/mol. The van der Waals surface area contributed by atoms with E-state index in [-0.39, 0.29) is 36.7 Å². The average molecular weight is 645 g/mol. The van der Waals surface area contributed by atoms with E-state index in [1.807, 2.05) is 52.1 Å². The van der Waals surface area contributed by atoms with Gasteiger partial charge in [0, 0.05) is 50.0 Å². The zero-order valence-corrected chi connectivity index (χ0v) is 27.6. The minimum atomic E-state index is -1.05. The summed E-state index contributed by atoms with van der Waals surface area (Å²) in [5, 5.41) is 17.9. The van der Waals surface area contributed by atoms with Crippen LogP contribution in [0.3, 0.4) is 0 Å². The second-order valence-electron chi connectivity index (χ2n) is 11.7. The molecule has 0 aliphatic carbocycles. The molecule has 4 rings (SSSR count). The van der Waals surface area contributed by atoms with Gasteiger partial charge in [-0.25, -0.2) is 9.78 Å². The third kappa shape index (κ3) is 10.1. The number of nitrogens with one attached hydrogen (secondary N) is 2. The van der Waals surface area contributed by atoms with E-state index in [1.54, 1.807) is 24.9 Å². The molecule has 2 amide bonds. The monoisotopic (exact) mass is 644 g/mol. The van der Waals surface area contributed by atoms with Gasteiger partial charge in [-0.3, -0.25) is 19.5 Å². The van der Waals surface area contributed by atoms with Crippen LogP contribution in [0.5, 0.6) is 0 Å². The van der Waals surface area contributed by atoms with Crippen molar-refractivity contribution in [1.82, 2.24) is 30.1 Å². The Kier molecular flexibility index (Phi) is 13.2. The third-order valence-corrected chi connectivity index (χ3v) is 8.90. The lowest BCUT2D eigenvalue weighted by Gasteiger charge is -2.31. The number of carboxylic acid groups (broad SMARTS) is 1. The molecule has 0 aliphatic rings. The van der Waals surface area contributed by atoms with Crippen LogP contribution in [0.4, 0.5) is 0 Å². The molecule has 46 heavy (non-hydrogen) atoms. The molecular formula is C35H44N6O4S. The van der Waals surface area contributed by atoms with E-state index in [1.165, 1.54) is 11.8 Å². The van der Waals surface area contributed by atoms with Crippen molar-refractivity contribution in [3.05, 3.63) is 96.3 Å². The van der Waals surface area contributed by atoms with Crippen molar-refractivity contribution < 1.29 is 19.5 Å². The lowest BCUT2D eigenvalue weighted by atomic mass is 9.97. The molecule has 11 heteroatoms. The summed E-state index contributed by atoms with van der Waals surface area (Å²) in [5.74, 6) is -0.782. The zero-order chi connectivity index (χ0) is 32.9. The summed E-state index contributed by atoms with van der Waals surface area (Å²) in [6.07, 6.45) is 10.2. The molecule has 0 saturated heterocycles. The molecule has 0 saturated carbocycles. The van der Waals surface area contributed by atoms with Crippen LogP contribution in [0, 0.1) is 5.92 Å². The molecule has 244 valence electrons. The van der Waals surface area contributed by atoms with Gasteiger partial charge in [0.1, 0.15) is 6.04 Å². The van der Waals surface area contributed by atoms with Gasteiger partial charge < -0.3 is 20.3 Å². The van der Waals surface area contributed by atoms with Gasteiger partial charge in [0.15, 0.2) is 0 Å². The van der Waals surface area contributed by atoms with Crippen molar-refractivity contribution in [3.63, 3.8) is 0 Å². The van der Waals surface area contributed by atoms with Crippen LogP contribution in [0.25, 0.3) is 10.8 Å². The predicted octanol–water partition coefficient (Wildman–Crippen LogP) is 4.38. The molecule has 4 aromatic rings. The molecule has 2 aromatic heterocycles. The van der Waals surface area contributed by atoms with Gasteiger partial charge in [-0.15, -0.1) is 0 Å². The summed E-state index contributed by atoms with van der Waals surface area (Å²) in [5.41, 5.74) is 2.92. The maximum atomic E-state index is 13.5. The van der Waals surface area contributed by atoms with Crippen molar-refractivity contribution in [2.45, 2.75) is 58.3 Å². The number of amides is 2. The van der Waals surface area contributed by atoms with Crippen molar-refractivity contribution in [2.75, 3.05) is 25.1 Å². The molecule has 3 atom stereocenters. The fraction of sp³-hybridized carbons (Fsp3) is 0.400. The molecule has 0 radical (unpaired) electrons. The van der Waals surface area contributed by atoms with Crippen LogP contribution in [-0.4, -0.2) is 79.5 Å². The fourth-order valence-electron chi connectivity index (χ4n) is 5.47. The number of benzene rings is 2. The van der Waals surface area contributed by atoms with Crippen LogP contribution in [-0.2, 0) is 33.9 Å². The minimum absolute atomic E-state index is 0.00617. The number of carboxylic acids is 1. The summed E-state index contributed by atoms with van der Waals surface area (Å²) in [6.45, 7) is 5.63. The number of carbonyl (C=O) groups is 3. The maximum absolute atomic E-state index is 13.5. The van der Waals surface area contributed by atoms with Gasteiger partial charge in [0.2, 0.25) is 11.8 Å². The molecule has 0 aliphatic heterocycles. The molecule has 0 unspecified atom stereocenters. The Bertz CT molecular complexity index is 1570. The second-order valence-corrected chi connectivity index (χ2v) is 12.6. The number of imidazole rings is 1. The van der Waals surface area contributed by atoms with Crippen molar-refractivity contribution in [3.8, 4) is 0 Å². The molecule has 2 aromatic carbocycles. The normalized spacial score (nSPS) is 13.3. The topological polar surface area (TPSA) is 129 Å². The highest BCUT2D eigenvalue weighted by Gasteiger charge is 2.26. The summed E-state index contributed by atoms with van der Waals surface area (Å²) in [6, 6.07) is 16.9. The number of hydrogen-bond acceptors (Lipinski definition) is 7. The first-order chi connectivity index (χ1) is 22.3. The van der Waals surface area contributed by atoms with E-state index in [2.05, 4.69) is 52.6 Å². The first-order valence-electron chi connectivity index (χ1n) is 15.6. The minimum Gasteiger partial charge on any atom is -0.480 e. The largest absolute Gasteiger partial charge is 0.480 e. The number of aromatic nitrogens is 3. The quantitative estimate of drug-likeness (QED) is 0.146. The smallest absolute Gasteiger partial charge is 0.326 e. The van der Waals surface area contributed by atoms with Crippen LogP contribution in [0.15, 0.2) is 79.5 Å². The van der Waals surface area contributed by atoms with Crippen LogP contribution in [0.1, 0.15) is 43.5 Å². The lowest BCUT2D eigenvalue weighted by molar-refractivity contribution is -0.142. The number of hydrogen-bond donors (Lipinski definition) is 3. The van der Waals surface area contributed by atoms with Crippen molar-refractivity contribution in [1.29, 1.82) is 0 Å². The molecule has 10 nitrogen and oxygen atoms in total. The predicted molar refractivity (Wildman–Crippen MR) is 182 cm³/mol. The summed E-state index contributed by atoms with van der Waals surface area (Å²) in [7, 11) is 0. The number of aliphatic carboxylic acids is 1. The van der Waals surface area contributed by atoms with E-state index in [0.29, 0.717) is 31.8 Å². The first-order valence-corrected chi connectivity index (χ1v) is 17.0. The highest BCUT2D eigenvalue weighted by molar-refractivity contribution is 7.98. The SMILES string of the molecule is CC[C@H](C)[C@@H](CN(CC(=O)N[C@@H](CCSC)C(=O)O)Cc1cccc2ccccc12)NC(=O)Cc1cncn1Cc1ccncc1. The van der Waals surface area contributed by atoms with Gasteiger partial charge in [-0.1, -0.05) is 62.7 Å². The number of rotatable bonds is 18. The maximum Gasteiger partial charge on any atom is 0.326 e. The Morgan fingerprint density at radius 3 is 2.50 bits per heavy atom. The van der Waals surface area contributed by atoms with Crippen LogP contribution in [0.2, 0.25) is 0 Å². The van der Waals surface area contributed by atoms with E-state index in [4.69, 9.17) is 0 Å².